The first kappa shape index (κ1) is 18.8. The number of Topliss-reactive ketones (excluding diaryl/α,β-unsaturated/α-hetero) is 1. The molecule has 0 fully saturated rings. The molecular formula is C21H27N3O. The number of allylic oxidation sites excluding steroid dienone is 3. The summed E-state index contributed by atoms with van der Waals surface area (Å²) in [5.74, 6) is 0.0194. The molecule has 0 aliphatic carbocycles. The van der Waals surface area contributed by atoms with Crippen molar-refractivity contribution in [3.63, 3.8) is 0 Å². The second-order valence-corrected chi connectivity index (χ2v) is 6.27. The number of aryl methyl sites for hydroxylation is 1. The molecule has 2 rings (SSSR count). The summed E-state index contributed by atoms with van der Waals surface area (Å²) in [6, 6.07) is 3.83. The van der Waals surface area contributed by atoms with Crippen molar-refractivity contribution in [1.29, 1.82) is 0 Å². The highest BCUT2D eigenvalue weighted by Crippen LogP contribution is 2.27. The van der Waals surface area contributed by atoms with Gasteiger partial charge in [0.25, 0.3) is 0 Å². The summed E-state index contributed by atoms with van der Waals surface area (Å²) in [6.45, 7) is 11.8. The van der Waals surface area contributed by atoms with Gasteiger partial charge in [0, 0.05) is 24.4 Å². The van der Waals surface area contributed by atoms with Gasteiger partial charge in [0.2, 0.25) is 0 Å². The molecular weight excluding hydrogens is 310 g/mol. The SMILES string of the molecule is C/C=C(\C)c1cc(C(C)=O)n([C@@H](C)c2ccnc(C)c2/C=C\CC)n1. The van der Waals surface area contributed by atoms with Crippen LogP contribution in [0, 0.1) is 6.92 Å². The molecule has 0 bridgehead atoms. The van der Waals surface area contributed by atoms with Crippen molar-refractivity contribution in [2.45, 2.75) is 54.0 Å². The predicted molar refractivity (Wildman–Crippen MR) is 104 cm³/mol. The second-order valence-electron chi connectivity index (χ2n) is 6.27. The lowest BCUT2D eigenvalue weighted by Crippen LogP contribution is -2.16. The minimum Gasteiger partial charge on any atom is -0.293 e. The molecule has 2 aromatic heterocycles. The summed E-state index contributed by atoms with van der Waals surface area (Å²) in [5, 5.41) is 4.71. The van der Waals surface area contributed by atoms with E-state index in [4.69, 9.17) is 5.10 Å². The molecule has 2 aromatic rings. The number of carbonyl (C=O) groups excluding carboxylic acids is 1. The monoisotopic (exact) mass is 337 g/mol. The zero-order valence-electron chi connectivity index (χ0n) is 16.0. The van der Waals surface area contributed by atoms with Crippen LogP contribution in [-0.2, 0) is 0 Å². The number of carbonyl (C=O) groups is 1. The first-order valence-electron chi connectivity index (χ1n) is 8.76. The van der Waals surface area contributed by atoms with Crippen LogP contribution in [0.3, 0.4) is 0 Å². The summed E-state index contributed by atoms with van der Waals surface area (Å²) in [5.41, 5.74) is 5.74. The fourth-order valence-corrected chi connectivity index (χ4v) is 2.84. The number of hydrogen-bond acceptors (Lipinski definition) is 3. The van der Waals surface area contributed by atoms with Gasteiger partial charge in [-0.3, -0.25) is 14.5 Å². The van der Waals surface area contributed by atoms with Crippen molar-refractivity contribution in [1.82, 2.24) is 14.8 Å². The standard InChI is InChI=1S/C21H27N3O/c1-7-9-10-18-15(4)22-12-11-19(18)16(5)24-21(17(6)25)13-20(23-24)14(3)8-2/h8-13,16H,7H2,1-6H3/b10-9-,14-8+/t16-/m0/s1. The van der Waals surface area contributed by atoms with Crippen LogP contribution in [0.4, 0.5) is 0 Å². The predicted octanol–water partition coefficient (Wildman–Crippen LogP) is 5.24. The van der Waals surface area contributed by atoms with Crippen LogP contribution < -0.4 is 0 Å². The van der Waals surface area contributed by atoms with Gasteiger partial charge in [-0.15, -0.1) is 0 Å². The minimum atomic E-state index is -0.0597. The molecule has 0 radical (unpaired) electrons. The van der Waals surface area contributed by atoms with E-state index in [2.05, 4.69) is 31.0 Å². The fraction of sp³-hybridized carbons (Fsp3) is 0.381. The number of hydrogen-bond donors (Lipinski definition) is 0. The first-order chi connectivity index (χ1) is 11.9. The largest absolute Gasteiger partial charge is 0.293 e. The second kappa shape index (κ2) is 8.06. The van der Waals surface area contributed by atoms with Gasteiger partial charge in [-0.1, -0.05) is 25.2 Å². The third-order valence-electron chi connectivity index (χ3n) is 4.49. The lowest BCUT2D eigenvalue weighted by Gasteiger charge is -2.18. The topological polar surface area (TPSA) is 47.8 Å². The smallest absolute Gasteiger partial charge is 0.177 e. The third-order valence-corrected chi connectivity index (χ3v) is 4.49. The quantitative estimate of drug-likeness (QED) is 0.677. The Morgan fingerprint density at radius 1 is 1.36 bits per heavy atom. The first-order valence-corrected chi connectivity index (χ1v) is 8.76. The molecule has 0 spiro atoms. The van der Waals surface area contributed by atoms with E-state index in [0.29, 0.717) is 5.69 Å². The number of aromatic nitrogens is 3. The highest BCUT2D eigenvalue weighted by molar-refractivity contribution is 5.93. The summed E-state index contributed by atoms with van der Waals surface area (Å²) in [7, 11) is 0. The van der Waals surface area contributed by atoms with Gasteiger partial charge >= 0.3 is 0 Å². The lowest BCUT2D eigenvalue weighted by molar-refractivity contribution is 0.100. The number of rotatable bonds is 6. The number of pyridine rings is 1. The Bertz CT molecular complexity index is 828. The Morgan fingerprint density at radius 3 is 2.68 bits per heavy atom. The summed E-state index contributed by atoms with van der Waals surface area (Å²) < 4.78 is 1.84. The van der Waals surface area contributed by atoms with Crippen molar-refractivity contribution in [2.24, 2.45) is 0 Å². The molecule has 0 aliphatic heterocycles. The van der Waals surface area contributed by atoms with E-state index >= 15 is 0 Å². The van der Waals surface area contributed by atoms with E-state index in [-0.39, 0.29) is 11.8 Å². The molecule has 0 N–H and O–H groups in total. The van der Waals surface area contributed by atoms with Gasteiger partial charge in [-0.25, -0.2) is 0 Å². The summed E-state index contributed by atoms with van der Waals surface area (Å²) in [4.78, 5) is 16.6. The molecule has 0 aliphatic rings. The maximum Gasteiger partial charge on any atom is 0.177 e. The Kier molecular flexibility index (Phi) is 6.07. The molecule has 0 amide bonds. The Balaban J connectivity index is 2.60. The van der Waals surface area contributed by atoms with Gasteiger partial charge in [0.15, 0.2) is 5.78 Å². The molecule has 0 unspecified atom stereocenters. The molecule has 0 saturated carbocycles. The number of ketones is 1. The molecule has 0 saturated heterocycles. The zero-order chi connectivity index (χ0) is 18.6. The molecule has 2 heterocycles. The van der Waals surface area contributed by atoms with Crippen molar-refractivity contribution in [2.75, 3.05) is 0 Å². The van der Waals surface area contributed by atoms with Crippen molar-refractivity contribution in [3.05, 3.63) is 58.7 Å². The molecule has 4 heteroatoms. The van der Waals surface area contributed by atoms with Crippen molar-refractivity contribution < 1.29 is 4.79 Å². The molecule has 0 aromatic carbocycles. The van der Waals surface area contributed by atoms with E-state index < -0.39 is 0 Å². The fourth-order valence-electron chi connectivity index (χ4n) is 2.84. The normalized spacial score (nSPS) is 13.4. The highest BCUT2D eigenvalue weighted by atomic mass is 16.1. The Hall–Kier alpha value is -2.49. The van der Waals surface area contributed by atoms with Gasteiger partial charge < -0.3 is 0 Å². The van der Waals surface area contributed by atoms with Crippen LogP contribution in [0.25, 0.3) is 11.6 Å². The van der Waals surface area contributed by atoms with Crippen LogP contribution in [0.5, 0.6) is 0 Å². The molecule has 132 valence electrons. The number of nitrogens with zero attached hydrogens (tertiary/aromatic N) is 3. The van der Waals surface area contributed by atoms with E-state index in [0.717, 1.165) is 34.5 Å². The maximum absolute atomic E-state index is 12.1. The van der Waals surface area contributed by atoms with Crippen LogP contribution in [0.1, 0.15) is 80.1 Å². The summed E-state index contributed by atoms with van der Waals surface area (Å²) in [6.07, 6.45) is 9.04. The van der Waals surface area contributed by atoms with Crippen LogP contribution in [-0.4, -0.2) is 20.5 Å². The maximum atomic E-state index is 12.1. The van der Waals surface area contributed by atoms with E-state index in [9.17, 15) is 4.79 Å². The van der Waals surface area contributed by atoms with Gasteiger partial charge in [0.05, 0.1) is 11.7 Å². The Morgan fingerprint density at radius 2 is 2.08 bits per heavy atom. The lowest BCUT2D eigenvalue weighted by atomic mass is 10.00. The van der Waals surface area contributed by atoms with Crippen molar-refractivity contribution >= 4 is 17.4 Å². The average molecular weight is 337 g/mol. The van der Waals surface area contributed by atoms with Gasteiger partial charge in [0.1, 0.15) is 5.69 Å². The highest BCUT2D eigenvalue weighted by Gasteiger charge is 2.20. The summed E-state index contributed by atoms with van der Waals surface area (Å²) >= 11 is 0. The van der Waals surface area contributed by atoms with Gasteiger partial charge in [-0.2, -0.15) is 5.10 Å². The van der Waals surface area contributed by atoms with E-state index in [1.807, 2.05) is 49.9 Å². The van der Waals surface area contributed by atoms with Gasteiger partial charge in [-0.05, 0) is 57.4 Å². The van der Waals surface area contributed by atoms with Crippen LogP contribution >= 0.6 is 0 Å². The molecule has 25 heavy (non-hydrogen) atoms. The average Bonchev–Trinajstić information content (AvgIpc) is 3.05. The molecule has 4 nitrogen and oxygen atoms in total. The van der Waals surface area contributed by atoms with Crippen LogP contribution in [0.15, 0.2) is 30.5 Å². The van der Waals surface area contributed by atoms with E-state index in [1.54, 1.807) is 6.92 Å². The minimum absolute atomic E-state index is 0.0194. The van der Waals surface area contributed by atoms with E-state index in [1.165, 1.54) is 0 Å². The van der Waals surface area contributed by atoms with Crippen molar-refractivity contribution in [3.8, 4) is 0 Å². The Labute approximate surface area is 150 Å². The molecule has 1 atom stereocenters. The van der Waals surface area contributed by atoms with Crippen LogP contribution in [0.2, 0.25) is 0 Å². The third kappa shape index (κ3) is 3.95. The zero-order valence-corrected chi connectivity index (χ0v) is 16.0.